The van der Waals surface area contributed by atoms with E-state index in [1.165, 1.54) is 0 Å². The Balaban J connectivity index is 2.11. The third-order valence-corrected chi connectivity index (χ3v) is 2.51. The molecule has 0 atom stereocenters. The Morgan fingerprint density at radius 3 is 2.83 bits per heavy atom. The first-order valence-corrected chi connectivity index (χ1v) is 5.34. The van der Waals surface area contributed by atoms with Crippen LogP contribution in [-0.4, -0.2) is 15.0 Å². The summed E-state index contributed by atoms with van der Waals surface area (Å²) in [7, 11) is 0. The average molecular weight is 243 g/mol. The Morgan fingerprint density at radius 2 is 2.06 bits per heavy atom. The van der Waals surface area contributed by atoms with Crippen LogP contribution in [0.2, 0.25) is 0 Å². The van der Waals surface area contributed by atoms with Gasteiger partial charge in [0.1, 0.15) is 0 Å². The number of hydrogen-bond acceptors (Lipinski definition) is 4. The lowest BCUT2D eigenvalue weighted by Crippen LogP contribution is -2.43. The van der Waals surface area contributed by atoms with Crippen LogP contribution >= 0.6 is 0 Å². The number of fused-ring (bicyclic) bond motifs is 1. The van der Waals surface area contributed by atoms with E-state index in [4.69, 9.17) is 5.73 Å². The number of nitrogens with two attached hydrogens (primary N) is 1. The van der Waals surface area contributed by atoms with Crippen molar-refractivity contribution in [1.29, 1.82) is 0 Å². The molecule has 1 aromatic carbocycles. The molecule has 0 fully saturated rings. The average Bonchev–Trinajstić information content (AvgIpc) is 2.73. The highest BCUT2D eigenvalue weighted by atomic mass is 16.1. The minimum atomic E-state index is -0.304. The first-order chi connectivity index (χ1) is 8.74. The summed E-state index contributed by atoms with van der Waals surface area (Å²) >= 11 is 0. The van der Waals surface area contributed by atoms with E-state index in [9.17, 15) is 4.79 Å². The van der Waals surface area contributed by atoms with Crippen LogP contribution in [0, 0.1) is 0 Å². The van der Waals surface area contributed by atoms with E-state index in [0.29, 0.717) is 11.2 Å². The summed E-state index contributed by atoms with van der Waals surface area (Å²) in [6.45, 7) is 0. The lowest BCUT2D eigenvalue weighted by molar-refractivity contribution is -0.616. The van der Waals surface area contributed by atoms with Crippen molar-refractivity contribution in [3.8, 4) is 0 Å². The van der Waals surface area contributed by atoms with Gasteiger partial charge in [-0.15, -0.1) is 4.68 Å². The Labute approximate surface area is 101 Å². The molecule has 0 radical (unpaired) electrons. The van der Waals surface area contributed by atoms with Crippen LogP contribution < -0.4 is 21.4 Å². The predicted octanol–water partition coefficient (Wildman–Crippen LogP) is -0.00390. The maximum absolute atomic E-state index is 11.8. The predicted molar refractivity (Wildman–Crippen MR) is 66.8 cm³/mol. The maximum Gasteiger partial charge on any atom is 0.306 e. The van der Waals surface area contributed by atoms with Crippen molar-refractivity contribution in [2.75, 3.05) is 11.2 Å². The van der Waals surface area contributed by atoms with E-state index in [-0.39, 0.29) is 11.5 Å². The van der Waals surface area contributed by atoms with Gasteiger partial charge in [-0.3, -0.25) is 9.78 Å². The van der Waals surface area contributed by atoms with E-state index in [2.05, 4.69) is 20.4 Å². The van der Waals surface area contributed by atoms with Crippen molar-refractivity contribution in [3.05, 3.63) is 47.0 Å². The molecule has 0 aliphatic rings. The molecular formula is C11H11N6O+. The highest BCUT2D eigenvalue weighted by Crippen LogP contribution is 2.04. The number of aromatic nitrogens is 4. The molecule has 7 nitrogen and oxygen atoms in total. The van der Waals surface area contributed by atoms with Crippen LogP contribution in [-0.2, 0) is 0 Å². The molecule has 90 valence electrons. The van der Waals surface area contributed by atoms with Crippen LogP contribution in [0.1, 0.15) is 0 Å². The minimum Gasteiger partial charge on any atom is -0.369 e. The third-order valence-electron chi connectivity index (χ3n) is 2.51. The number of para-hydroxylation sites is 1. The first kappa shape index (κ1) is 10.3. The summed E-state index contributed by atoms with van der Waals surface area (Å²) in [4.78, 5) is 21.2. The van der Waals surface area contributed by atoms with E-state index in [1.54, 1.807) is 11.0 Å². The van der Waals surface area contributed by atoms with Gasteiger partial charge in [0.2, 0.25) is 5.95 Å². The fourth-order valence-corrected chi connectivity index (χ4v) is 1.74. The lowest BCUT2D eigenvalue weighted by Gasteiger charge is -2.00. The van der Waals surface area contributed by atoms with Gasteiger partial charge in [0.05, 0.1) is 5.69 Å². The maximum atomic E-state index is 11.8. The van der Waals surface area contributed by atoms with Crippen LogP contribution in [0.15, 0.2) is 41.5 Å². The first-order valence-electron chi connectivity index (χ1n) is 5.34. The second-order valence-corrected chi connectivity index (χ2v) is 3.77. The smallest absolute Gasteiger partial charge is 0.306 e. The van der Waals surface area contributed by atoms with E-state index < -0.39 is 0 Å². The summed E-state index contributed by atoms with van der Waals surface area (Å²) in [6.07, 6.45) is 1.61. The number of nitrogens with one attached hydrogen (secondary N) is 3. The van der Waals surface area contributed by atoms with E-state index >= 15 is 0 Å². The highest BCUT2D eigenvalue weighted by molar-refractivity contribution is 5.66. The molecule has 7 heteroatoms. The van der Waals surface area contributed by atoms with Gasteiger partial charge in [-0.05, 0) is 12.1 Å². The van der Waals surface area contributed by atoms with Crippen molar-refractivity contribution in [2.24, 2.45) is 0 Å². The number of imidazole rings is 1. The molecule has 2 aromatic heterocycles. The molecule has 0 amide bonds. The zero-order valence-electron chi connectivity index (χ0n) is 9.34. The molecule has 0 aliphatic carbocycles. The van der Waals surface area contributed by atoms with Gasteiger partial charge < -0.3 is 5.73 Å². The number of benzene rings is 1. The topological polar surface area (TPSA) is 103 Å². The summed E-state index contributed by atoms with van der Waals surface area (Å²) in [5, 5.41) is 0. The zero-order chi connectivity index (χ0) is 12.5. The van der Waals surface area contributed by atoms with Crippen LogP contribution in [0.3, 0.4) is 0 Å². The number of anilines is 2. The molecular weight excluding hydrogens is 232 g/mol. The Hall–Kier alpha value is -2.83. The Kier molecular flexibility index (Phi) is 2.23. The molecule has 0 spiro atoms. The monoisotopic (exact) mass is 243 g/mol. The van der Waals surface area contributed by atoms with Gasteiger partial charge in [0.25, 0.3) is 17.5 Å². The second-order valence-electron chi connectivity index (χ2n) is 3.77. The van der Waals surface area contributed by atoms with Crippen molar-refractivity contribution in [1.82, 2.24) is 15.0 Å². The molecule has 5 N–H and O–H groups in total. The molecule has 0 saturated carbocycles. The minimum absolute atomic E-state index is 0.0845. The summed E-state index contributed by atoms with van der Waals surface area (Å²) in [5.41, 5.74) is 9.91. The van der Waals surface area contributed by atoms with Crippen LogP contribution in [0.5, 0.6) is 0 Å². The third kappa shape index (κ3) is 1.67. The largest absolute Gasteiger partial charge is 0.369 e. The van der Waals surface area contributed by atoms with Gasteiger partial charge in [0.15, 0.2) is 0 Å². The fourth-order valence-electron chi connectivity index (χ4n) is 1.74. The summed E-state index contributed by atoms with van der Waals surface area (Å²) < 4.78 is 1.57. The van der Waals surface area contributed by atoms with Crippen molar-refractivity contribution < 1.29 is 4.68 Å². The number of hydrogen-bond donors (Lipinski definition) is 4. The SMILES string of the molecule is Nc1nc2[nH]c[n+](Nc3ccccc3)c2c(=O)[nH]1. The Bertz CT molecular complexity index is 745. The number of H-pyrrole nitrogens is 2. The van der Waals surface area contributed by atoms with Gasteiger partial charge >= 0.3 is 5.56 Å². The van der Waals surface area contributed by atoms with Crippen molar-refractivity contribution in [2.45, 2.75) is 0 Å². The van der Waals surface area contributed by atoms with Gasteiger partial charge in [-0.1, -0.05) is 18.2 Å². The Morgan fingerprint density at radius 1 is 1.28 bits per heavy atom. The van der Waals surface area contributed by atoms with Gasteiger partial charge in [-0.2, -0.15) is 4.98 Å². The normalized spacial score (nSPS) is 10.7. The summed E-state index contributed by atoms with van der Waals surface area (Å²) in [6, 6.07) is 9.51. The molecule has 0 aliphatic heterocycles. The van der Waals surface area contributed by atoms with Gasteiger partial charge in [0, 0.05) is 0 Å². The number of aromatic amines is 2. The molecule has 18 heavy (non-hydrogen) atoms. The molecule has 3 rings (SSSR count). The molecule has 0 bridgehead atoms. The molecule has 3 aromatic rings. The highest BCUT2D eigenvalue weighted by Gasteiger charge is 2.16. The van der Waals surface area contributed by atoms with Crippen molar-refractivity contribution in [3.63, 3.8) is 0 Å². The molecule has 0 unspecified atom stereocenters. The molecule has 2 heterocycles. The van der Waals surface area contributed by atoms with E-state index in [0.717, 1.165) is 5.69 Å². The number of nitrogens with zero attached hydrogens (tertiary/aromatic N) is 2. The number of nitrogen functional groups attached to an aromatic ring is 1. The number of rotatable bonds is 2. The second kappa shape index (κ2) is 3.88. The summed E-state index contributed by atoms with van der Waals surface area (Å²) in [5.74, 6) is 0.0845. The fraction of sp³-hybridized carbons (Fsp3) is 0. The van der Waals surface area contributed by atoms with Gasteiger partial charge in [-0.25, -0.2) is 10.4 Å². The quantitative estimate of drug-likeness (QED) is 0.475. The lowest BCUT2D eigenvalue weighted by atomic mass is 10.3. The standard InChI is InChI=1S/C11H10N6O/c12-11-14-9-8(10(18)15-11)17(6-13-9)16-7-4-2-1-3-5-7/h1-6,16H,(H3,12,14,15,18)/p+1. The van der Waals surface area contributed by atoms with Crippen molar-refractivity contribution >= 4 is 22.8 Å². The zero-order valence-corrected chi connectivity index (χ0v) is 9.34. The van der Waals surface area contributed by atoms with E-state index in [1.807, 2.05) is 30.3 Å². The molecule has 0 saturated heterocycles. The van der Waals surface area contributed by atoms with Crippen LogP contribution in [0.4, 0.5) is 11.6 Å². The van der Waals surface area contributed by atoms with Crippen LogP contribution in [0.25, 0.3) is 11.2 Å².